The number of carbonyl (C=O) groups excluding carboxylic acids is 1. The lowest BCUT2D eigenvalue weighted by molar-refractivity contribution is 0.0594. The van der Waals surface area contributed by atoms with Crippen LogP contribution < -0.4 is 9.62 Å². The number of piperazine rings is 1. The van der Waals surface area contributed by atoms with Gasteiger partial charge in [-0.05, 0) is 31.2 Å². The van der Waals surface area contributed by atoms with Crippen molar-refractivity contribution >= 4 is 21.7 Å². The Balaban J connectivity index is 1.41. The van der Waals surface area contributed by atoms with Gasteiger partial charge in [0.2, 0.25) is 10.0 Å². The molecule has 1 saturated heterocycles. The number of nitrogens with one attached hydrogen (secondary N) is 2. The van der Waals surface area contributed by atoms with E-state index in [1.54, 1.807) is 12.1 Å². The van der Waals surface area contributed by atoms with E-state index in [4.69, 9.17) is 0 Å². The molecule has 158 valence electrons. The average molecular weight is 424 g/mol. The first kappa shape index (κ1) is 21.3. The van der Waals surface area contributed by atoms with Crippen molar-refractivity contribution in [2.45, 2.75) is 11.3 Å². The number of aromatic nitrogens is 1. The van der Waals surface area contributed by atoms with E-state index in [2.05, 4.69) is 19.3 Å². The molecule has 2 aromatic rings. The van der Waals surface area contributed by atoms with Crippen molar-refractivity contribution in [1.29, 1.82) is 0 Å². The van der Waals surface area contributed by atoms with E-state index >= 15 is 0 Å². The Labute approximate surface area is 169 Å². The summed E-state index contributed by atoms with van der Waals surface area (Å²) in [6, 6.07) is 8.00. The Hall–Kier alpha value is -2.43. The van der Waals surface area contributed by atoms with Gasteiger partial charge < -0.3 is 14.6 Å². The molecule has 0 amide bonds. The number of ether oxygens (including phenoxy) is 1. The lowest BCUT2D eigenvalue weighted by atomic mass is 10.2. The predicted molar refractivity (Wildman–Crippen MR) is 107 cm³/mol. The Kier molecular flexibility index (Phi) is 6.88. The summed E-state index contributed by atoms with van der Waals surface area (Å²) in [6.07, 6.45) is 1.91. The molecule has 0 unspecified atom stereocenters. The number of methoxy groups -OCH3 is 1. The number of halogens is 1. The Bertz CT molecular complexity index is 939. The third-order valence-electron chi connectivity index (χ3n) is 4.88. The van der Waals surface area contributed by atoms with Crippen LogP contribution in [0, 0.1) is 5.82 Å². The minimum Gasteiger partial charge on any atom is -0.464 e. The van der Waals surface area contributed by atoms with Gasteiger partial charge in [0, 0.05) is 38.9 Å². The summed E-state index contributed by atoms with van der Waals surface area (Å²) in [5, 5.41) is 0. The van der Waals surface area contributed by atoms with Crippen molar-refractivity contribution < 1.29 is 22.3 Å². The number of para-hydroxylation sites is 1. The van der Waals surface area contributed by atoms with Crippen molar-refractivity contribution in [1.82, 2.24) is 14.6 Å². The van der Waals surface area contributed by atoms with Gasteiger partial charge in [0.05, 0.1) is 12.8 Å². The molecular formula is C19H25FN4O4S. The van der Waals surface area contributed by atoms with Gasteiger partial charge in [0.25, 0.3) is 0 Å². The van der Waals surface area contributed by atoms with Crippen LogP contribution in [0.25, 0.3) is 0 Å². The van der Waals surface area contributed by atoms with Crippen LogP contribution in [0.3, 0.4) is 0 Å². The van der Waals surface area contributed by atoms with Crippen molar-refractivity contribution in [3.8, 4) is 0 Å². The zero-order valence-electron chi connectivity index (χ0n) is 16.2. The molecule has 29 heavy (non-hydrogen) atoms. The van der Waals surface area contributed by atoms with Crippen LogP contribution in [0.2, 0.25) is 0 Å². The molecule has 0 spiro atoms. The monoisotopic (exact) mass is 424 g/mol. The van der Waals surface area contributed by atoms with Crippen LogP contribution in [0.5, 0.6) is 0 Å². The molecule has 2 heterocycles. The van der Waals surface area contributed by atoms with E-state index in [1.807, 2.05) is 11.0 Å². The summed E-state index contributed by atoms with van der Waals surface area (Å²) in [7, 11) is -2.46. The maximum atomic E-state index is 13.9. The second-order valence-electron chi connectivity index (χ2n) is 6.77. The predicted octanol–water partition coefficient (Wildman–Crippen LogP) is 1.43. The van der Waals surface area contributed by atoms with Crippen molar-refractivity contribution in [2.75, 3.05) is 51.3 Å². The second kappa shape index (κ2) is 9.38. The third kappa shape index (κ3) is 5.34. The van der Waals surface area contributed by atoms with Crippen LogP contribution in [-0.4, -0.2) is 70.6 Å². The number of nitrogens with zero attached hydrogens (tertiary/aromatic N) is 2. The minimum atomic E-state index is -3.69. The molecule has 1 fully saturated rings. The zero-order valence-corrected chi connectivity index (χ0v) is 17.0. The van der Waals surface area contributed by atoms with Crippen LogP contribution in [0.1, 0.15) is 16.9 Å². The molecule has 0 radical (unpaired) electrons. The highest BCUT2D eigenvalue weighted by Crippen LogP contribution is 2.20. The van der Waals surface area contributed by atoms with Gasteiger partial charge in [-0.2, -0.15) is 0 Å². The van der Waals surface area contributed by atoms with Gasteiger partial charge in [0.1, 0.15) is 16.4 Å². The maximum absolute atomic E-state index is 13.9. The number of aromatic amines is 1. The van der Waals surface area contributed by atoms with Gasteiger partial charge in [0.15, 0.2) is 0 Å². The van der Waals surface area contributed by atoms with Crippen LogP contribution in [-0.2, 0) is 14.8 Å². The Morgan fingerprint density at radius 3 is 2.66 bits per heavy atom. The largest absolute Gasteiger partial charge is 0.464 e. The second-order valence-corrected chi connectivity index (χ2v) is 8.54. The molecule has 1 aliphatic heterocycles. The number of H-pyrrole nitrogens is 1. The molecule has 1 aliphatic rings. The van der Waals surface area contributed by atoms with E-state index in [0.29, 0.717) is 12.1 Å². The first-order valence-electron chi connectivity index (χ1n) is 9.39. The SMILES string of the molecule is COC(=O)c1cc(S(=O)(=O)NCCCN2CCN(c3ccccc3F)CC2)c[nH]1. The topological polar surface area (TPSA) is 94.7 Å². The molecular weight excluding hydrogens is 399 g/mol. The number of benzene rings is 1. The molecule has 0 bridgehead atoms. The first-order chi connectivity index (χ1) is 13.9. The maximum Gasteiger partial charge on any atom is 0.354 e. The van der Waals surface area contributed by atoms with Gasteiger partial charge in [-0.15, -0.1) is 0 Å². The summed E-state index contributed by atoms with van der Waals surface area (Å²) in [5.41, 5.74) is 0.707. The van der Waals surface area contributed by atoms with Crippen molar-refractivity contribution in [3.63, 3.8) is 0 Å². The van der Waals surface area contributed by atoms with Crippen LogP contribution in [0.4, 0.5) is 10.1 Å². The van der Waals surface area contributed by atoms with Crippen LogP contribution in [0.15, 0.2) is 41.4 Å². The number of hydrogen-bond donors (Lipinski definition) is 2. The average Bonchev–Trinajstić information content (AvgIpc) is 3.23. The molecule has 3 rings (SSSR count). The van der Waals surface area contributed by atoms with Gasteiger partial charge in [-0.3, -0.25) is 4.90 Å². The number of esters is 1. The lowest BCUT2D eigenvalue weighted by Gasteiger charge is -2.36. The van der Waals surface area contributed by atoms with E-state index in [1.165, 1.54) is 25.4 Å². The highest BCUT2D eigenvalue weighted by molar-refractivity contribution is 7.89. The minimum absolute atomic E-state index is 0.00333. The number of sulfonamides is 1. The molecule has 0 saturated carbocycles. The molecule has 1 aromatic heterocycles. The summed E-state index contributed by atoms with van der Waals surface area (Å²) >= 11 is 0. The number of anilines is 1. The van der Waals surface area contributed by atoms with E-state index in [9.17, 15) is 17.6 Å². The molecule has 0 atom stereocenters. The number of carbonyl (C=O) groups is 1. The summed E-state index contributed by atoms with van der Waals surface area (Å²) in [5.74, 6) is -0.837. The first-order valence-corrected chi connectivity index (χ1v) is 10.9. The van der Waals surface area contributed by atoms with Crippen molar-refractivity contribution in [2.24, 2.45) is 0 Å². The fourth-order valence-electron chi connectivity index (χ4n) is 3.27. The quantitative estimate of drug-likeness (QED) is 0.492. The zero-order chi connectivity index (χ0) is 20.9. The van der Waals surface area contributed by atoms with E-state index in [-0.39, 0.29) is 23.0 Å². The molecule has 8 nitrogen and oxygen atoms in total. The third-order valence-corrected chi connectivity index (χ3v) is 6.32. The van der Waals surface area contributed by atoms with Gasteiger partial charge >= 0.3 is 5.97 Å². The van der Waals surface area contributed by atoms with E-state index < -0.39 is 16.0 Å². The van der Waals surface area contributed by atoms with Crippen LogP contribution >= 0.6 is 0 Å². The van der Waals surface area contributed by atoms with E-state index in [0.717, 1.165) is 32.7 Å². The number of hydrogen-bond acceptors (Lipinski definition) is 6. The van der Waals surface area contributed by atoms with Gasteiger partial charge in [-0.1, -0.05) is 12.1 Å². The summed E-state index contributed by atoms with van der Waals surface area (Å²) in [4.78, 5) is 18.3. The van der Waals surface area contributed by atoms with Gasteiger partial charge in [-0.25, -0.2) is 22.3 Å². The fraction of sp³-hybridized carbons (Fsp3) is 0.421. The fourth-order valence-corrected chi connectivity index (χ4v) is 4.34. The molecule has 10 heteroatoms. The molecule has 0 aliphatic carbocycles. The highest BCUT2D eigenvalue weighted by Gasteiger charge is 2.20. The van der Waals surface area contributed by atoms with Crippen molar-refractivity contribution in [3.05, 3.63) is 48.0 Å². The highest BCUT2D eigenvalue weighted by atomic mass is 32.2. The standard InChI is InChI=1S/C19H25FN4O4S/c1-28-19(25)17-13-15(14-21-17)29(26,27)22-7-4-8-23-9-11-24(12-10-23)18-6-3-2-5-16(18)20/h2-3,5-6,13-14,21-22H,4,7-12H2,1H3. The molecule has 2 N–H and O–H groups in total. The normalized spacial score (nSPS) is 15.4. The number of rotatable bonds is 8. The summed E-state index contributed by atoms with van der Waals surface area (Å²) in [6.45, 7) is 4.07. The smallest absolute Gasteiger partial charge is 0.354 e. The Morgan fingerprint density at radius 1 is 1.24 bits per heavy atom. The lowest BCUT2D eigenvalue weighted by Crippen LogP contribution is -2.47. The summed E-state index contributed by atoms with van der Waals surface area (Å²) < 4.78 is 45.6. The Morgan fingerprint density at radius 2 is 1.97 bits per heavy atom. The molecule has 1 aromatic carbocycles.